The molecule has 0 aromatic heterocycles. The number of hydrogen-bond acceptors (Lipinski definition) is 2. The second-order valence-corrected chi connectivity index (χ2v) is 8.35. The van der Waals surface area contributed by atoms with E-state index in [-0.39, 0.29) is 5.54 Å². The van der Waals surface area contributed by atoms with Crippen LogP contribution in [0.3, 0.4) is 0 Å². The van der Waals surface area contributed by atoms with E-state index in [2.05, 4.69) is 38.2 Å². The second kappa shape index (κ2) is 8.80. The predicted octanol–water partition coefficient (Wildman–Crippen LogP) is 6.78. The molecule has 0 fully saturated rings. The number of nitrogens with one attached hydrogen (secondary N) is 1. The summed E-state index contributed by atoms with van der Waals surface area (Å²) < 4.78 is 0. The van der Waals surface area contributed by atoms with Crippen molar-refractivity contribution >= 4 is 46.5 Å². The van der Waals surface area contributed by atoms with Crippen LogP contribution in [0.1, 0.15) is 27.2 Å². The topological polar surface area (TPSA) is 24.4 Å². The van der Waals surface area contributed by atoms with E-state index in [1.165, 1.54) is 4.90 Å². The zero-order valence-corrected chi connectivity index (χ0v) is 16.5. The van der Waals surface area contributed by atoms with Crippen LogP contribution in [-0.4, -0.2) is 17.1 Å². The number of hydrogen-bond donors (Lipinski definition) is 1. The van der Waals surface area contributed by atoms with E-state index in [1.54, 1.807) is 11.8 Å². The van der Waals surface area contributed by atoms with Gasteiger partial charge in [0.1, 0.15) is 5.84 Å². The average molecular weight is 381 g/mol. The Morgan fingerprint density at radius 1 is 1.00 bits per heavy atom. The number of benzene rings is 2. The van der Waals surface area contributed by atoms with Crippen LogP contribution >= 0.6 is 35.0 Å². The molecule has 0 amide bonds. The van der Waals surface area contributed by atoms with Gasteiger partial charge in [0.05, 0.1) is 21.3 Å². The van der Waals surface area contributed by atoms with Gasteiger partial charge in [0.15, 0.2) is 0 Å². The van der Waals surface area contributed by atoms with Crippen LogP contribution in [0.4, 0.5) is 5.69 Å². The maximum Gasteiger partial charge on any atom is 0.102 e. The Labute approximate surface area is 158 Å². The van der Waals surface area contributed by atoms with Gasteiger partial charge < -0.3 is 5.32 Å². The van der Waals surface area contributed by atoms with Crippen LogP contribution in [0.15, 0.2) is 58.4 Å². The zero-order chi connectivity index (χ0) is 17.6. The van der Waals surface area contributed by atoms with Crippen LogP contribution in [0.5, 0.6) is 0 Å². The van der Waals surface area contributed by atoms with Crippen molar-refractivity contribution in [2.45, 2.75) is 37.6 Å². The van der Waals surface area contributed by atoms with Gasteiger partial charge in [0, 0.05) is 17.1 Å². The van der Waals surface area contributed by atoms with E-state index in [0.29, 0.717) is 15.7 Å². The van der Waals surface area contributed by atoms with E-state index in [4.69, 9.17) is 28.2 Å². The Bertz CT molecular complexity index is 674. The van der Waals surface area contributed by atoms with Crippen LogP contribution < -0.4 is 5.32 Å². The first-order valence-electron chi connectivity index (χ1n) is 7.83. The van der Waals surface area contributed by atoms with Crippen molar-refractivity contribution < 1.29 is 0 Å². The van der Waals surface area contributed by atoms with Crippen molar-refractivity contribution in [1.29, 1.82) is 0 Å². The Kier molecular flexibility index (Phi) is 7.02. The van der Waals surface area contributed by atoms with Crippen LogP contribution in [0.25, 0.3) is 0 Å². The quantitative estimate of drug-likeness (QED) is 0.350. The van der Waals surface area contributed by atoms with Crippen molar-refractivity contribution in [3.63, 3.8) is 0 Å². The molecule has 0 saturated heterocycles. The lowest BCUT2D eigenvalue weighted by molar-refractivity contribution is 0.582. The molecule has 0 heterocycles. The minimum Gasteiger partial charge on any atom is -0.342 e. The van der Waals surface area contributed by atoms with Gasteiger partial charge in [-0.15, -0.1) is 11.8 Å². The minimum atomic E-state index is -0.173. The van der Waals surface area contributed by atoms with Gasteiger partial charge in [-0.1, -0.05) is 47.5 Å². The number of thioether (sulfide) groups is 1. The smallest absolute Gasteiger partial charge is 0.102 e. The van der Waals surface area contributed by atoms with Crippen molar-refractivity contribution in [2.24, 2.45) is 4.99 Å². The molecule has 0 saturated carbocycles. The molecule has 2 aromatic rings. The molecule has 128 valence electrons. The normalized spacial score (nSPS) is 12.3. The summed E-state index contributed by atoms with van der Waals surface area (Å²) in [5.41, 5.74) is 0.543. The first kappa shape index (κ1) is 19.2. The van der Waals surface area contributed by atoms with Gasteiger partial charge in [-0.05, 0) is 45.0 Å². The second-order valence-electron chi connectivity index (χ2n) is 6.36. The fourth-order valence-corrected chi connectivity index (χ4v) is 3.47. The molecule has 0 unspecified atom stereocenters. The fourth-order valence-electron chi connectivity index (χ4n) is 2.10. The Balaban J connectivity index is 2.09. The van der Waals surface area contributed by atoms with Crippen molar-refractivity contribution in [3.05, 3.63) is 58.6 Å². The Hall–Kier alpha value is -1.16. The highest BCUT2D eigenvalue weighted by atomic mass is 35.5. The molecule has 0 radical (unpaired) electrons. The maximum atomic E-state index is 6.27. The largest absolute Gasteiger partial charge is 0.342 e. The number of rotatable bonds is 5. The molecule has 2 nitrogen and oxygen atoms in total. The van der Waals surface area contributed by atoms with Crippen LogP contribution in [0, 0.1) is 0 Å². The molecule has 1 N–H and O–H groups in total. The number of para-hydroxylation sites is 1. The van der Waals surface area contributed by atoms with Gasteiger partial charge in [0.2, 0.25) is 0 Å². The summed E-state index contributed by atoms with van der Waals surface area (Å²) >= 11 is 14.3. The summed E-state index contributed by atoms with van der Waals surface area (Å²) in [7, 11) is 0. The lowest BCUT2D eigenvalue weighted by Crippen LogP contribution is -2.21. The van der Waals surface area contributed by atoms with E-state index < -0.39 is 0 Å². The number of nitrogens with zero attached hydrogens (tertiary/aromatic N) is 1. The summed E-state index contributed by atoms with van der Waals surface area (Å²) in [5.74, 6) is 1.81. The summed E-state index contributed by atoms with van der Waals surface area (Å²) in [5, 5.41) is 4.53. The van der Waals surface area contributed by atoms with E-state index in [1.807, 2.05) is 36.4 Å². The van der Waals surface area contributed by atoms with Crippen LogP contribution in [0.2, 0.25) is 10.0 Å². The van der Waals surface area contributed by atoms with Gasteiger partial charge in [0.25, 0.3) is 0 Å². The lowest BCUT2D eigenvalue weighted by Gasteiger charge is -2.19. The van der Waals surface area contributed by atoms with Crippen LogP contribution in [-0.2, 0) is 0 Å². The average Bonchev–Trinajstić information content (AvgIpc) is 2.50. The number of amidine groups is 1. The Morgan fingerprint density at radius 2 is 1.62 bits per heavy atom. The molecular weight excluding hydrogens is 359 g/mol. The molecule has 0 atom stereocenters. The van der Waals surface area contributed by atoms with Crippen molar-refractivity contribution in [3.8, 4) is 0 Å². The Morgan fingerprint density at radius 3 is 2.21 bits per heavy atom. The molecule has 0 spiro atoms. The zero-order valence-electron chi connectivity index (χ0n) is 14.1. The first-order chi connectivity index (χ1) is 11.3. The molecule has 0 aliphatic rings. The summed E-state index contributed by atoms with van der Waals surface area (Å²) in [6.45, 7) is 6.23. The predicted molar refractivity (Wildman–Crippen MR) is 109 cm³/mol. The molecule has 24 heavy (non-hydrogen) atoms. The fraction of sp³-hybridized carbons (Fsp3) is 0.316. The van der Waals surface area contributed by atoms with E-state index in [9.17, 15) is 0 Å². The summed E-state index contributed by atoms with van der Waals surface area (Å²) in [6.07, 6.45) is 0.804. The van der Waals surface area contributed by atoms with Gasteiger partial charge >= 0.3 is 0 Å². The third-order valence-corrected chi connectivity index (χ3v) is 4.70. The number of anilines is 1. The SMILES string of the molecule is CC(C)(C)N=C(CCSc1ccccc1)Nc1c(Cl)cccc1Cl. The maximum absolute atomic E-state index is 6.27. The highest BCUT2D eigenvalue weighted by Crippen LogP contribution is 2.30. The summed E-state index contributed by atoms with van der Waals surface area (Å²) in [4.78, 5) is 6.05. The monoisotopic (exact) mass is 380 g/mol. The van der Waals surface area contributed by atoms with E-state index >= 15 is 0 Å². The van der Waals surface area contributed by atoms with Crippen molar-refractivity contribution in [2.75, 3.05) is 11.1 Å². The highest BCUT2D eigenvalue weighted by molar-refractivity contribution is 7.99. The third kappa shape index (κ3) is 6.39. The third-order valence-electron chi connectivity index (χ3n) is 3.05. The van der Waals surface area contributed by atoms with E-state index in [0.717, 1.165) is 18.0 Å². The number of halogens is 2. The molecular formula is C19H22Cl2N2S. The molecule has 0 aliphatic carbocycles. The molecule has 2 aromatic carbocycles. The first-order valence-corrected chi connectivity index (χ1v) is 9.57. The van der Waals surface area contributed by atoms with Gasteiger partial charge in [-0.3, -0.25) is 4.99 Å². The number of aliphatic imine (C=N–C) groups is 1. The van der Waals surface area contributed by atoms with Gasteiger partial charge in [-0.25, -0.2) is 0 Å². The molecule has 2 rings (SSSR count). The molecule has 0 aliphatic heterocycles. The standard InChI is InChI=1S/C19H22Cl2N2S/c1-19(2,3)23-17(12-13-24-14-8-5-4-6-9-14)22-18-15(20)10-7-11-16(18)21/h4-11H,12-13H2,1-3H3,(H,22,23). The minimum absolute atomic E-state index is 0.173. The van der Waals surface area contributed by atoms with Crippen molar-refractivity contribution in [1.82, 2.24) is 0 Å². The van der Waals surface area contributed by atoms with Gasteiger partial charge in [-0.2, -0.15) is 0 Å². The molecule has 0 bridgehead atoms. The highest BCUT2D eigenvalue weighted by Gasteiger charge is 2.13. The summed E-state index contributed by atoms with van der Waals surface area (Å²) in [6, 6.07) is 15.8. The lowest BCUT2D eigenvalue weighted by atomic mass is 10.1. The molecule has 5 heteroatoms.